The number of carboxylic acid groups (broad SMARTS) is 1. The summed E-state index contributed by atoms with van der Waals surface area (Å²) in [5, 5.41) is 12.8. The van der Waals surface area contributed by atoms with Gasteiger partial charge in [0.15, 0.2) is 0 Å². The molecule has 35 heavy (non-hydrogen) atoms. The second kappa shape index (κ2) is 9.50. The van der Waals surface area contributed by atoms with Crippen LogP contribution in [0.5, 0.6) is 0 Å². The van der Waals surface area contributed by atoms with E-state index in [4.69, 9.17) is 5.11 Å². The highest BCUT2D eigenvalue weighted by Gasteiger charge is 2.31. The van der Waals surface area contributed by atoms with Crippen LogP contribution in [0.3, 0.4) is 0 Å². The SMILES string of the molecule is CC(NC(=O)c1c(Sc2cccc(C(F)(F)F)c2)c2ccccc2n1C)c1ccc(C(=O)O)cc1. The molecule has 5 nitrogen and oxygen atoms in total. The molecule has 0 aliphatic heterocycles. The molecule has 1 atom stereocenters. The summed E-state index contributed by atoms with van der Waals surface area (Å²) in [5.41, 5.74) is 1.19. The van der Waals surface area contributed by atoms with Crippen LogP contribution < -0.4 is 5.32 Å². The largest absolute Gasteiger partial charge is 0.478 e. The van der Waals surface area contributed by atoms with Crippen molar-refractivity contribution in [2.24, 2.45) is 7.05 Å². The van der Waals surface area contributed by atoms with Crippen LogP contribution in [-0.2, 0) is 13.2 Å². The number of carbonyl (C=O) groups is 2. The lowest BCUT2D eigenvalue weighted by atomic mass is 10.1. The van der Waals surface area contributed by atoms with Gasteiger partial charge >= 0.3 is 12.1 Å². The van der Waals surface area contributed by atoms with Gasteiger partial charge in [0.25, 0.3) is 5.91 Å². The first-order valence-electron chi connectivity index (χ1n) is 10.6. The van der Waals surface area contributed by atoms with Gasteiger partial charge in [0.2, 0.25) is 0 Å². The van der Waals surface area contributed by atoms with Crippen LogP contribution in [0.1, 0.15) is 44.9 Å². The lowest BCUT2D eigenvalue weighted by Crippen LogP contribution is -2.28. The zero-order chi connectivity index (χ0) is 25.3. The van der Waals surface area contributed by atoms with Gasteiger partial charge in [-0.3, -0.25) is 4.79 Å². The van der Waals surface area contributed by atoms with Gasteiger partial charge in [-0.05, 0) is 48.9 Å². The number of carboxylic acids is 1. The van der Waals surface area contributed by atoms with E-state index in [0.29, 0.717) is 21.0 Å². The number of hydrogen-bond donors (Lipinski definition) is 2. The number of fused-ring (bicyclic) bond motifs is 1. The number of hydrogen-bond acceptors (Lipinski definition) is 3. The van der Waals surface area contributed by atoms with Crippen LogP contribution in [0.25, 0.3) is 10.9 Å². The Labute approximate surface area is 203 Å². The summed E-state index contributed by atoms with van der Waals surface area (Å²) in [6.45, 7) is 1.77. The Balaban J connectivity index is 1.69. The van der Waals surface area contributed by atoms with Crippen molar-refractivity contribution < 1.29 is 27.9 Å². The van der Waals surface area contributed by atoms with E-state index in [1.165, 1.54) is 18.2 Å². The first-order chi connectivity index (χ1) is 16.6. The van der Waals surface area contributed by atoms with Crippen LogP contribution in [0.15, 0.2) is 82.6 Å². The number of benzene rings is 3. The monoisotopic (exact) mass is 498 g/mol. The number of aromatic carboxylic acids is 1. The number of nitrogens with one attached hydrogen (secondary N) is 1. The number of carbonyl (C=O) groups excluding carboxylic acids is 1. The van der Waals surface area contributed by atoms with E-state index in [1.54, 1.807) is 36.7 Å². The van der Waals surface area contributed by atoms with Gasteiger partial charge in [0.1, 0.15) is 5.69 Å². The molecule has 1 amide bonds. The topological polar surface area (TPSA) is 71.3 Å². The zero-order valence-corrected chi connectivity index (χ0v) is 19.6. The third kappa shape index (κ3) is 5.05. The molecule has 3 aromatic carbocycles. The number of alkyl halides is 3. The number of amides is 1. The van der Waals surface area contributed by atoms with E-state index in [0.717, 1.165) is 34.8 Å². The highest BCUT2D eigenvalue weighted by molar-refractivity contribution is 7.99. The highest BCUT2D eigenvalue weighted by atomic mass is 32.2. The molecule has 0 bridgehead atoms. The molecule has 0 aliphatic carbocycles. The maximum atomic E-state index is 13.4. The van der Waals surface area contributed by atoms with Crippen molar-refractivity contribution in [2.45, 2.75) is 28.9 Å². The maximum Gasteiger partial charge on any atom is 0.416 e. The fraction of sp³-hybridized carbons (Fsp3) is 0.154. The molecule has 180 valence electrons. The van der Waals surface area contributed by atoms with Crippen molar-refractivity contribution in [3.05, 3.63) is 95.2 Å². The first-order valence-corrected chi connectivity index (χ1v) is 11.4. The number of halogens is 3. The Hall–Kier alpha value is -3.72. The predicted molar refractivity (Wildman–Crippen MR) is 128 cm³/mol. The molecule has 4 rings (SSSR count). The predicted octanol–water partition coefficient (Wildman–Crippen LogP) is 6.54. The Kier molecular flexibility index (Phi) is 6.62. The Morgan fingerprint density at radius 2 is 1.69 bits per heavy atom. The van der Waals surface area contributed by atoms with Gasteiger partial charge in [-0.15, -0.1) is 0 Å². The summed E-state index contributed by atoms with van der Waals surface area (Å²) >= 11 is 1.10. The maximum absolute atomic E-state index is 13.4. The fourth-order valence-corrected chi connectivity index (χ4v) is 5.01. The van der Waals surface area contributed by atoms with E-state index < -0.39 is 29.7 Å². The van der Waals surface area contributed by atoms with Crippen LogP contribution in [-0.4, -0.2) is 21.6 Å². The normalized spacial score (nSPS) is 12.5. The van der Waals surface area contributed by atoms with Crippen LogP contribution in [0.4, 0.5) is 13.2 Å². The smallest absolute Gasteiger partial charge is 0.416 e. The summed E-state index contributed by atoms with van der Waals surface area (Å²) in [5.74, 6) is -1.44. The molecular formula is C26H21F3N2O3S. The zero-order valence-electron chi connectivity index (χ0n) is 18.8. The lowest BCUT2D eigenvalue weighted by molar-refractivity contribution is -0.137. The van der Waals surface area contributed by atoms with E-state index >= 15 is 0 Å². The minimum Gasteiger partial charge on any atom is -0.478 e. The number of aryl methyl sites for hydroxylation is 1. The number of aromatic nitrogens is 1. The van der Waals surface area contributed by atoms with Crippen molar-refractivity contribution in [3.8, 4) is 0 Å². The average Bonchev–Trinajstić information content (AvgIpc) is 3.10. The van der Waals surface area contributed by atoms with E-state index in [1.807, 2.05) is 24.3 Å². The molecule has 2 N–H and O–H groups in total. The Bertz CT molecular complexity index is 1410. The molecule has 0 radical (unpaired) electrons. The standard InChI is InChI=1S/C26H21F3N2O3S/c1-15(16-10-12-17(13-11-16)25(33)34)30-24(32)22-23(20-8-3-4-9-21(20)31(22)2)35-19-7-5-6-18(14-19)26(27,28)29/h3-15H,1-2H3,(H,30,32)(H,33,34). The van der Waals surface area contributed by atoms with Crippen molar-refractivity contribution in [1.29, 1.82) is 0 Å². The molecule has 1 heterocycles. The van der Waals surface area contributed by atoms with Crippen LogP contribution in [0, 0.1) is 0 Å². The second-order valence-electron chi connectivity index (χ2n) is 8.00. The molecular weight excluding hydrogens is 477 g/mol. The van der Waals surface area contributed by atoms with Gasteiger partial charge in [0.05, 0.1) is 22.1 Å². The molecule has 0 aliphatic rings. The molecule has 1 unspecified atom stereocenters. The minimum absolute atomic E-state index is 0.140. The summed E-state index contributed by atoms with van der Waals surface area (Å²) < 4.78 is 41.4. The van der Waals surface area contributed by atoms with Gasteiger partial charge in [0, 0.05) is 22.8 Å². The summed E-state index contributed by atoms with van der Waals surface area (Å²) in [7, 11) is 1.74. The van der Waals surface area contributed by atoms with E-state index in [2.05, 4.69) is 5.32 Å². The minimum atomic E-state index is -4.47. The molecule has 0 saturated heterocycles. The molecule has 9 heteroatoms. The number of para-hydroxylation sites is 1. The van der Waals surface area contributed by atoms with Crippen molar-refractivity contribution in [1.82, 2.24) is 9.88 Å². The van der Waals surface area contributed by atoms with E-state index in [-0.39, 0.29) is 5.56 Å². The van der Waals surface area contributed by atoms with Gasteiger partial charge in [-0.1, -0.05) is 48.2 Å². The molecule has 0 saturated carbocycles. The lowest BCUT2D eigenvalue weighted by Gasteiger charge is -2.16. The van der Waals surface area contributed by atoms with Crippen LogP contribution >= 0.6 is 11.8 Å². The second-order valence-corrected chi connectivity index (χ2v) is 9.09. The average molecular weight is 499 g/mol. The molecule has 4 aromatic rings. The van der Waals surface area contributed by atoms with E-state index in [9.17, 15) is 22.8 Å². The van der Waals surface area contributed by atoms with Gasteiger partial charge < -0.3 is 15.0 Å². The molecule has 0 spiro atoms. The first kappa shape index (κ1) is 24.4. The highest BCUT2D eigenvalue weighted by Crippen LogP contribution is 2.40. The third-order valence-corrected chi connectivity index (χ3v) is 6.77. The quantitative estimate of drug-likeness (QED) is 0.317. The Morgan fingerprint density at radius 3 is 2.34 bits per heavy atom. The third-order valence-electron chi connectivity index (χ3n) is 5.66. The molecule has 0 fully saturated rings. The van der Waals surface area contributed by atoms with Gasteiger partial charge in [-0.2, -0.15) is 13.2 Å². The molecule has 1 aromatic heterocycles. The summed E-state index contributed by atoms with van der Waals surface area (Å²) in [6.07, 6.45) is -4.47. The number of nitrogens with zero attached hydrogens (tertiary/aromatic N) is 1. The van der Waals surface area contributed by atoms with Crippen molar-refractivity contribution in [2.75, 3.05) is 0 Å². The van der Waals surface area contributed by atoms with Crippen molar-refractivity contribution in [3.63, 3.8) is 0 Å². The van der Waals surface area contributed by atoms with Crippen molar-refractivity contribution >= 4 is 34.5 Å². The summed E-state index contributed by atoms with van der Waals surface area (Å²) in [6, 6.07) is 18.1. The fourth-order valence-electron chi connectivity index (χ4n) is 3.83. The Morgan fingerprint density at radius 1 is 1.00 bits per heavy atom. The van der Waals surface area contributed by atoms with Gasteiger partial charge in [-0.25, -0.2) is 4.79 Å². The van der Waals surface area contributed by atoms with Crippen LogP contribution in [0.2, 0.25) is 0 Å². The summed E-state index contributed by atoms with van der Waals surface area (Å²) in [4.78, 5) is 25.4. The number of rotatable bonds is 6.